The fraction of sp³-hybridized carbons (Fsp3) is 0.188. The fourth-order valence-corrected chi connectivity index (χ4v) is 2.29. The van der Waals surface area contributed by atoms with E-state index in [2.05, 4.69) is 22.9 Å². The lowest BCUT2D eigenvalue weighted by Crippen LogP contribution is -2.21. The first-order valence-electron chi connectivity index (χ1n) is 6.26. The monoisotopic (exact) mass is 254 g/mol. The van der Waals surface area contributed by atoms with Crippen LogP contribution < -0.4 is 9.47 Å². The van der Waals surface area contributed by atoms with Gasteiger partial charge in [0, 0.05) is 12.1 Å². The maximum atomic E-state index is 5.86. The third-order valence-corrected chi connectivity index (χ3v) is 3.24. The molecule has 19 heavy (non-hydrogen) atoms. The minimum Gasteiger partial charge on any atom is -0.497 e. The molecule has 0 aromatic heterocycles. The van der Waals surface area contributed by atoms with Crippen molar-refractivity contribution in [3.8, 4) is 11.5 Å². The Hall–Kier alpha value is -2.29. The molecule has 0 saturated carbocycles. The van der Waals surface area contributed by atoms with Gasteiger partial charge >= 0.3 is 0 Å². The zero-order chi connectivity index (χ0) is 13.2. The van der Waals surface area contributed by atoms with Gasteiger partial charge < -0.3 is 9.47 Å². The molecule has 0 N–H and O–H groups in total. The molecular formula is C16H16NO2+. The van der Waals surface area contributed by atoms with Gasteiger partial charge in [-0.15, -0.1) is 0 Å². The van der Waals surface area contributed by atoms with Gasteiger partial charge in [-0.1, -0.05) is 18.2 Å². The van der Waals surface area contributed by atoms with Gasteiger partial charge in [0.1, 0.15) is 11.5 Å². The number of ether oxygens (including phenoxy) is 2. The van der Waals surface area contributed by atoms with Gasteiger partial charge in [0.15, 0.2) is 6.21 Å². The summed E-state index contributed by atoms with van der Waals surface area (Å²) in [5.41, 5.74) is 3.26. The first-order valence-corrected chi connectivity index (χ1v) is 6.26. The Labute approximate surface area is 112 Å². The molecule has 0 spiro atoms. The Morgan fingerprint density at radius 1 is 1.16 bits per heavy atom. The predicted octanol–water partition coefficient (Wildman–Crippen LogP) is 3.12. The van der Waals surface area contributed by atoms with Crippen LogP contribution in [-0.2, 0) is 0 Å². The largest absolute Gasteiger partial charge is 0.497 e. The molecule has 96 valence electrons. The fourth-order valence-electron chi connectivity index (χ4n) is 2.29. The quantitative estimate of drug-likeness (QED) is 0.768. The van der Waals surface area contributed by atoms with Crippen LogP contribution in [0.1, 0.15) is 11.1 Å². The summed E-state index contributed by atoms with van der Waals surface area (Å²) in [6.07, 6.45) is 2.10. The summed E-state index contributed by atoms with van der Waals surface area (Å²) >= 11 is 0. The normalized spacial score (nSPS) is 13.3. The molecule has 0 radical (unpaired) electrons. The molecule has 0 aliphatic carbocycles. The summed E-state index contributed by atoms with van der Waals surface area (Å²) in [7, 11) is 1.68. The Kier molecular flexibility index (Phi) is 2.95. The molecular weight excluding hydrogens is 238 g/mol. The maximum absolute atomic E-state index is 5.86. The van der Waals surface area contributed by atoms with Crippen molar-refractivity contribution in [1.82, 2.24) is 0 Å². The third-order valence-electron chi connectivity index (χ3n) is 3.24. The van der Waals surface area contributed by atoms with E-state index < -0.39 is 0 Å². The first kappa shape index (κ1) is 11.8. The first-order chi connectivity index (χ1) is 9.28. The molecule has 0 amide bonds. The standard InChI is InChI=1S/C16H16NO2/c1-12-8-15(18-2)9-13-10-17(11-19-16(12)13)14-6-4-3-5-7-14/h3-10H,11H2,1-2H3/q+1. The van der Waals surface area contributed by atoms with Crippen molar-refractivity contribution in [2.45, 2.75) is 6.92 Å². The van der Waals surface area contributed by atoms with E-state index in [0.29, 0.717) is 6.73 Å². The van der Waals surface area contributed by atoms with E-state index in [9.17, 15) is 0 Å². The molecule has 0 atom stereocenters. The zero-order valence-corrected chi connectivity index (χ0v) is 11.1. The zero-order valence-electron chi connectivity index (χ0n) is 11.1. The Balaban J connectivity index is 2.07. The van der Waals surface area contributed by atoms with Gasteiger partial charge in [0.05, 0.1) is 12.7 Å². The number of hydrogen-bond donors (Lipinski definition) is 0. The average Bonchev–Trinajstić information content (AvgIpc) is 2.47. The number of nitrogens with zero attached hydrogens (tertiary/aromatic N) is 1. The number of aryl methyl sites for hydroxylation is 1. The van der Waals surface area contributed by atoms with E-state index in [0.717, 1.165) is 28.3 Å². The number of fused-ring (bicyclic) bond motifs is 1. The van der Waals surface area contributed by atoms with Crippen LogP contribution in [0.2, 0.25) is 0 Å². The van der Waals surface area contributed by atoms with E-state index >= 15 is 0 Å². The van der Waals surface area contributed by atoms with Crippen LogP contribution in [0.3, 0.4) is 0 Å². The van der Waals surface area contributed by atoms with Crippen molar-refractivity contribution in [2.24, 2.45) is 0 Å². The lowest BCUT2D eigenvalue weighted by Gasteiger charge is -2.16. The number of hydrogen-bond acceptors (Lipinski definition) is 2. The van der Waals surface area contributed by atoms with Gasteiger partial charge in [-0.25, -0.2) is 0 Å². The lowest BCUT2D eigenvalue weighted by molar-refractivity contribution is -0.476. The summed E-state index contributed by atoms with van der Waals surface area (Å²) in [5.74, 6) is 1.79. The molecule has 0 unspecified atom stereocenters. The highest BCUT2D eigenvalue weighted by molar-refractivity contribution is 5.83. The molecule has 0 saturated heterocycles. The lowest BCUT2D eigenvalue weighted by atomic mass is 10.1. The van der Waals surface area contributed by atoms with Crippen LogP contribution in [0, 0.1) is 6.92 Å². The summed E-state index contributed by atoms with van der Waals surface area (Å²) in [5, 5.41) is 0. The summed E-state index contributed by atoms with van der Waals surface area (Å²) in [4.78, 5) is 0. The predicted molar refractivity (Wildman–Crippen MR) is 74.8 cm³/mol. The summed E-state index contributed by atoms with van der Waals surface area (Å²) in [6.45, 7) is 2.57. The van der Waals surface area contributed by atoms with Gasteiger partial charge in [-0.3, -0.25) is 0 Å². The second kappa shape index (κ2) is 4.76. The SMILES string of the molecule is COc1cc(C)c2c(c1)C=[N+](c1ccccc1)CO2. The van der Waals surface area contributed by atoms with E-state index in [-0.39, 0.29) is 0 Å². The van der Waals surface area contributed by atoms with Gasteiger partial charge in [0.2, 0.25) is 5.69 Å². The molecule has 1 aliphatic rings. The van der Waals surface area contributed by atoms with Crippen molar-refractivity contribution in [2.75, 3.05) is 13.8 Å². The molecule has 2 aromatic carbocycles. The van der Waals surface area contributed by atoms with Gasteiger partial charge in [-0.05, 0) is 24.6 Å². The summed E-state index contributed by atoms with van der Waals surface area (Å²) < 4.78 is 13.3. The molecule has 3 rings (SSSR count). The van der Waals surface area contributed by atoms with E-state index in [1.807, 2.05) is 37.3 Å². The Bertz CT molecular complexity index is 633. The van der Waals surface area contributed by atoms with Crippen molar-refractivity contribution in [3.63, 3.8) is 0 Å². The van der Waals surface area contributed by atoms with Gasteiger partial charge in [-0.2, -0.15) is 4.58 Å². The number of methoxy groups -OCH3 is 1. The topological polar surface area (TPSA) is 21.5 Å². The summed E-state index contributed by atoms with van der Waals surface area (Å²) in [6, 6.07) is 14.2. The van der Waals surface area contributed by atoms with Crippen molar-refractivity contribution < 1.29 is 14.0 Å². The minimum atomic E-state index is 0.532. The second-order valence-corrected chi connectivity index (χ2v) is 4.57. The number of para-hydroxylation sites is 1. The maximum Gasteiger partial charge on any atom is 0.292 e. The van der Waals surface area contributed by atoms with Crippen molar-refractivity contribution >= 4 is 11.9 Å². The van der Waals surface area contributed by atoms with E-state index in [1.165, 1.54) is 0 Å². The van der Waals surface area contributed by atoms with Crippen LogP contribution in [0.4, 0.5) is 5.69 Å². The Morgan fingerprint density at radius 2 is 1.95 bits per heavy atom. The third kappa shape index (κ3) is 2.19. The molecule has 3 heteroatoms. The van der Waals surface area contributed by atoms with Crippen molar-refractivity contribution in [1.29, 1.82) is 0 Å². The van der Waals surface area contributed by atoms with E-state index in [4.69, 9.17) is 9.47 Å². The van der Waals surface area contributed by atoms with Crippen LogP contribution in [0.5, 0.6) is 11.5 Å². The average molecular weight is 254 g/mol. The van der Waals surface area contributed by atoms with Crippen LogP contribution in [-0.4, -0.2) is 24.6 Å². The van der Waals surface area contributed by atoms with Gasteiger partial charge in [0.25, 0.3) is 6.73 Å². The highest BCUT2D eigenvalue weighted by Crippen LogP contribution is 2.30. The highest BCUT2D eigenvalue weighted by Gasteiger charge is 2.21. The smallest absolute Gasteiger partial charge is 0.292 e. The van der Waals surface area contributed by atoms with Crippen molar-refractivity contribution in [3.05, 3.63) is 53.6 Å². The molecule has 1 heterocycles. The number of rotatable bonds is 2. The molecule has 1 aliphatic heterocycles. The number of benzene rings is 2. The van der Waals surface area contributed by atoms with E-state index in [1.54, 1.807) is 7.11 Å². The molecule has 3 nitrogen and oxygen atoms in total. The highest BCUT2D eigenvalue weighted by atomic mass is 16.5. The Morgan fingerprint density at radius 3 is 2.68 bits per heavy atom. The minimum absolute atomic E-state index is 0.532. The second-order valence-electron chi connectivity index (χ2n) is 4.57. The van der Waals surface area contributed by atoms with Crippen LogP contribution >= 0.6 is 0 Å². The van der Waals surface area contributed by atoms with Crippen LogP contribution in [0.15, 0.2) is 42.5 Å². The molecule has 2 aromatic rings. The molecule has 0 fully saturated rings. The molecule has 0 bridgehead atoms. The van der Waals surface area contributed by atoms with Crippen LogP contribution in [0.25, 0.3) is 0 Å².